The first-order chi connectivity index (χ1) is 10.5. The maximum absolute atomic E-state index is 8.13. The zero-order valence-corrected chi connectivity index (χ0v) is 13.3. The van der Waals surface area contributed by atoms with Crippen LogP contribution in [-0.2, 0) is 6.54 Å². The van der Waals surface area contributed by atoms with Gasteiger partial charge in [-0.15, -0.1) is 0 Å². The van der Waals surface area contributed by atoms with Crippen LogP contribution in [0, 0.1) is 10.8 Å². The van der Waals surface area contributed by atoms with Crippen molar-refractivity contribution in [2.45, 2.75) is 20.4 Å². The second-order valence-electron chi connectivity index (χ2n) is 4.97. The molecule has 5 nitrogen and oxygen atoms in total. The number of halogens is 1. The van der Waals surface area contributed by atoms with Crippen molar-refractivity contribution in [3.8, 4) is 0 Å². The number of nitrogens with zero attached hydrogens (tertiary/aromatic N) is 1. The number of nitrogens with one attached hydrogen (secondary N) is 4. The van der Waals surface area contributed by atoms with Gasteiger partial charge in [0.1, 0.15) is 11.7 Å². The zero-order chi connectivity index (χ0) is 16.1. The van der Waals surface area contributed by atoms with E-state index in [4.69, 9.17) is 22.4 Å². The van der Waals surface area contributed by atoms with E-state index in [9.17, 15) is 0 Å². The van der Waals surface area contributed by atoms with E-state index in [0.29, 0.717) is 23.0 Å². The first-order valence-electron chi connectivity index (χ1n) is 6.82. The fourth-order valence-electron chi connectivity index (χ4n) is 2.09. The van der Waals surface area contributed by atoms with Crippen LogP contribution in [0.1, 0.15) is 19.4 Å². The Morgan fingerprint density at radius 1 is 1.41 bits per heavy atom. The molecule has 22 heavy (non-hydrogen) atoms. The molecule has 0 saturated carbocycles. The summed E-state index contributed by atoms with van der Waals surface area (Å²) < 4.78 is 0. The van der Waals surface area contributed by atoms with Crippen LogP contribution >= 0.6 is 11.6 Å². The molecule has 0 amide bonds. The zero-order valence-electron chi connectivity index (χ0n) is 12.5. The number of benzene rings is 1. The summed E-state index contributed by atoms with van der Waals surface area (Å²) in [6.07, 6.45) is 3.04. The maximum atomic E-state index is 8.13. The van der Waals surface area contributed by atoms with Crippen LogP contribution in [0.2, 0.25) is 5.02 Å². The summed E-state index contributed by atoms with van der Waals surface area (Å²) in [6, 6.07) is 7.44. The molecule has 0 aliphatic carbocycles. The van der Waals surface area contributed by atoms with Gasteiger partial charge in [0, 0.05) is 29.2 Å². The summed E-state index contributed by atoms with van der Waals surface area (Å²) in [5.41, 5.74) is 3.16. The van der Waals surface area contributed by atoms with Gasteiger partial charge in [0.25, 0.3) is 0 Å². The predicted octanol–water partition coefficient (Wildman–Crippen LogP) is 3.24. The van der Waals surface area contributed by atoms with Gasteiger partial charge in [-0.25, -0.2) is 4.99 Å². The van der Waals surface area contributed by atoms with Crippen LogP contribution < -0.4 is 10.6 Å². The van der Waals surface area contributed by atoms with Crippen molar-refractivity contribution in [1.82, 2.24) is 10.6 Å². The van der Waals surface area contributed by atoms with Gasteiger partial charge < -0.3 is 16.0 Å². The number of hydrogen-bond acceptors (Lipinski definition) is 4. The smallest absolute Gasteiger partial charge is 0.142 e. The largest absolute Gasteiger partial charge is 0.366 e. The molecule has 0 saturated heterocycles. The van der Waals surface area contributed by atoms with Gasteiger partial charge in [-0.2, -0.15) is 0 Å². The Morgan fingerprint density at radius 2 is 2.18 bits per heavy atom. The van der Waals surface area contributed by atoms with Crippen LogP contribution in [0.25, 0.3) is 0 Å². The Labute approximate surface area is 134 Å². The molecule has 1 heterocycles. The van der Waals surface area contributed by atoms with Gasteiger partial charge in [0.2, 0.25) is 0 Å². The van der Waals surface area contributed by atoms with Gasteiger partial charge >= 0.3 is 0 Å². The summed E-state index contributed by atoms with van der Waals surface area (Å²) in [7, 11) is 0. The maximum Gasteiger partial charge on any atom is 0.142 e. The molecule has 0 aromatic heterocycles. The van der Waals surface area contributed by atoms with E-state index in [0.717, 1.165) is 23.2 Å². The number of amidine groups is 1. The lowest BCUT2D eigenvalue weighted by Gasteiger charge is -2.17. The van der Waals surface area contributed by atoms with Crippen LogP contribution in [0.4, 0.5) is 0 Å². The van der Waals surface area contributed by atoms with Crippen molar-refractivity contribution >= 4 is 29.4 Å². The molecule has 2 rings (SSSR count). The highest BCUT2D eigenvalue weighted by atomic mass is 35.5. The van der Waals surface area contributed by atoms with Crippen LogP contribution in [0.5, 0.6) is 0 Å². The third-order valence-electron chi connectivity index (χ3n) is 3.06. The molecule has 6 heteroatoms. The minimum Gasteiger partial charge on any atom is -0.366 e. The lowest BCUT2D eigenvalue weighted by atomic mass is 10.2. The molecule has 1 aliphatic heterocycles. The van der Waals surface area contributed by atoms with Crippen LogP contribution in [0.3, 0.4) is 0 Å². The van der Waals surface area contributed by atoms with E-state index in [1.54, 1.807) is 6.07 Å². The number of rotatable bonds is 4. The van der Waals surface area contributed by atoms with Crippen LogP contribution in [0.15, 0.2) is 52.4 Å². The summed E-state index contributed by atoms with van der Waals surface area (Å²) in [4.78, 5) is 4.35. The SMILES string of the molecule is CC1=CC(C)=N/C(=C(/C=N)C(=N)NCc2cccc(Cl)c2)N1. The Kier molecular flexibility index (Phi) is 5.12. The van der Waals surface area contributed by atoms with Crippen molar-refractivity contribution in [2.75, 3.05) is 0 Å². The molecule has 1 aliphatic rings. The highest BCUT2D eigenvalue weighted by Gasteiger charge is 2.13. The van der Waals surface area contributed by atoms with Gasteiger partial charge in [0.05, 0.1) is 5.57 Å². The van der Waals surface area contributed by atoms with Crippen LogP contribution in [-0.4, -0.2) is 17.8 Å². The highest BCUT2D eigenvalue weighted by Crippen LogP contribution is 2.12. The topological polar surface area (TPSA) is 84.1 Å². The molecule has 1 aromatic carbocycles. The van der Waals surface area contributed by atoms with E-state index in [1.807, 2.05) is 38.1 Å². The fraction of sp³-hybridized carbons (Fsp3) is 0.188. The lowest BCUT2D eigenvalue weighted by molar-refractivity contribution is 0.892. The summed E-state index contributed by atoms with van der Waals surface area (Å²) >= 11 is 5.94. The normalized spacial score (nSPS) is 16.1. The monoisotopic (exact) mass is 315 g/mol. The standard InChI is InChI=1S/C16H18ClN5/c1-10-6-11(2)22-16(21-10)14(8-18)15(19)20-9-12-4-3-5-13(17)7-12/h3-8,18,21H,9H2,1-2H3,(H2,19,20)/b16-14-,18-8?. The van der Waals surface area contributed by atoms with Crippen molar-refractivity contribution in [1.29, 1.82) is 10.8 Å². The number of aliphatic imine (C=N–C) groups is 1. The third kappa shape index (κ3) is 4.05. The van der Waals surface area contributed by atoms with Gasteiger partial charge in [0.15, 0.2) is 0 Å². The summed E-state index contributed by atoms with van der Waals surface area (Å²) in [5, 5.41) is 22.4. The second-order valence-corrected chi connectivity index (χ2v) is 5.41. The molecular formula is C16H18ClN5. The van der Waals surface area contributed by atoms with E-state index in [1.165, 1.54) is 0 Å². The quantitative estimate of drug-likeness (QED) is 0.508. The van der Waals surface area contributed by atoms with E-state index in [-0.39, 0.29) is 5.84 Å². The minimum absolute atomic E-state index is 0.142. The second kappa shape index (κ2) is 7.04. The van der Waals surface area contributed by atoms with Gasteiger partial charge in [-0.05, 0) is 37.6 Å². The minimum atomic E-state index is 0.142. The Morgan fingerprint density at radius 3 is 2.82 bits per heavy atom. The molecule has 0 atom stereocenters. The Bertz CT molecular complexity index is 700. The first-order valence-corrected chi connectivity index (χ1v) is 7.20. The average molecular weight is 316 g/mol. The molecule has 0 spiro atoms. The number of hydrogen-bond donors (Lipinski definition) is 4. The molecule has 0 radical (unpaired) electrons. The molecule has 0 unspecified atom stereocenters. The van der Waals surface area contributed by atoms with Crippen molar-refractivity contribution in [2.24, 2.45) is 4.99 Å². The van der Waals surface area contributed by atoms with Crippen molar-refractivity contribution < 1.29 is 0 Å². The molecule has 4 N–H and O–H groups in total. The van der Waals surface area contributed by atoms with E-state index < -0.39 is 0 Å². The van der Waals surface area contributed by atoms with E-state index in [2.05, 4.69) is 15.6 Å². The Balaban J connectivity index is 2.13. The molecule has 0 bridgehead atoms. The summed E-state index contributed by atoms with van der Waals surface area (Å²) in [6.45, 7) is 4.26. The third-order valence-corrected chi connectivity index (χ3v) is 3.29. The Hall–Kier alpha value is -2.40. The summed E-state index contributed by atoms with van der Waals surface area (Å²) in [5.74, 6) is 0.653. The van der Waals surface area contributed by atoms with Gasteiger partial charge in [-0.1, -0.05) is 23.7 Å². The molecule has 1 aromatic rings. The average Bonchev–Trinajstić information content (AvgIpc) is 2.45. The highest BCUT2D eigenvalue weighted by molar-refractivity contribution is 6.30. The molecule has 0 fully saturated rings. The fourth-order valence-corrected chi connectivity index (χ4v) is 2.30. The first kappa shape index (κ1) is 16.0. The van der Waals surface area contributed by atoms with Crippen molar-refractivity contribution in [3.05, 3.63) is 58.0 Å². The van der Waals surface area contributed by atoms with E-state index >= 15 is 0 Å². The molecular weight excluding hydrogens is 298 g/mol. The van der Waals surface area contributed by atoms with Gasteiger partial charge in [-0.3, -0.25) is 5.41 Å². The predicted molar refractivity (Wildman–Crippen MR) is 91.8 cm³/mol. The van der Waals surface area contributed by atoms with Crippen molar-refractivity contribution in [3.63, 3.8) is 0 Å². The number of allylic oxidation sites excluding steroid dienone is 2. The molecule has 114 valence electrons. The lowest BCUT2D eigenvalue weighted by Crippen LogP contribution is -2.28.